The zero-order valence-corrected chi connectivity index (χ0v) is 12.5. The van der Waals surface area contributed by atoms with E-state index in [1.807, 2.05) is 0 Å². The molecular weight excluding hydrogens is 222 g/mol. The van der Waals surface area contributed by atoms with Crippen molar-refractivity contribution >= 4 is 0 Å². The van der Waals surface area contributed by atoms with Crippen LogP contribution >= 0.6 is 0 Å². The first kappa shape index (κ1) is 14.3. The molecular formula is C15H31N3. The van der Waals surface area contributed by atoms with Crippen molar-refractivity contribution in [1.29, 1.82) is 0 Å². The van der Waals surface area contributed by atoms with Crippen LogP contribution in [0.15, 0.2) is 0 Å². The van der Waals surface area contributed by atoms with E-state index in [-0.39, 0.29) is 0 Å². The Morgan fingerprint density at radius 3 is 2.22 bits per heavy atom. The highest BCUT2D eigenvalue weighted by Gasteiger charge is 2.25. The topological polar surface area (TPSA) is 18.5 Å². The highest BCUT2D eigenvalue weighted by molar-refractivity contribution is 4.84. The molecule has 18 heavy (non-hydrogen) atoms. The van der Waals surface area contributed by atoms with Crippen molar-refractivity contribution in [2.75, 3.05) is 39.8 Å². The van der Waals surface area contributed by atoms with Crippen molar-refractivity contribution in [3.05, 3.63) is 0 Å². The predicted octanol–water partition coefficient (Wildman–Crippen LogP) is 1.79. The number of hydrogen-bond acceptors (Lipinski definition) is 3. The quantitative estimate of drug-likeness (QED) is 0.824. The van der Waals surface area contributed by atoms with Crippen LogP contribution in [0, 0.1) is 5.92 Å². The largest absolute Gasteiger partial charge is 0.311 e. The van der Waals surface area contributed by atoms with Gasteiger partial charge in [-0.2, -0.15) is 0 Å². The fourth-order valence-corrected chi connectivity index (χ4v) is 3.45. The molecule has 0 bridgehead atoms. The Morgan fingerprint density at radius 1 is 1.06 bits per heavy atom. The Labute approximate surface area is 113 Å². The molecule has 0 amide bonds. The minimum Gasteiger partial charge on any atom is -0.311 e. The molecule has 3 nitrogen and oxygen atoms in total. The standard InChI is InChI=1S/C15H31N3/c1-4-18-11-7-15(8-12-18)16-13(2)14-5-9-17(3)10-6-14/h13-16H,4-12H2,1-3H3. The van der Waals surface area contributed by atoms with Gasteiger partial charge in [-0.05, 0) is 78.3 Å². The van der Waals surface area contributed by atoms with Crippen molar-refractivity contribution in [3.8, 4) is 0 Å². The predicted molar refractivity (Wildman–Crippen MR) is 78.0 cm³/mol. The van der Waals surface area contributed by atoms with E-state index in [9.17, 15) is 0 Å². The maximum atomic E-state index is 3.90. The van der Waals surface area contributed by atoms with Crippen molar-refractivity contribution in [2.24, 2.45) is 5.92 Å². The molecule has 2 aliphatic heterocycles. The van der Waals surface area contributed by atoms with Gasteiger partial charge in [0.2, 0.25) is 0 Å². The maximum absolute atomic E-state index is 3.90. The fraction of sp³-hybridized carbons (Fsp3) is 1.00. The molecule has 0 aromatic rings. The molecule has 1 N–H and O–H groups in total. The van der Waals surface area contributed by atoms with Crippen LogP contribution in [0.5, 0.6) is 0 Å². The van der Waals surface area contributed by atoms with Crippen molar-refractivity contribution < 1.29 is 0 Å². The van der Waals surface area contributed by atoms with E-state index in [4.69, 9.17) is 0 Å². The first-order valence-corrected chi connectivity index (χ1v) is 7.86. The van der Waals surface area contributed by atoms with Gasteiger partial charge in [-0.15, -0.1) is 0 Å². The number of rotatable bonds is 4. The summed E-state index contributed by atoms with van der Waals surface area (Å²) in [4.78, 5) is 5.03. The summed E-state index contributed by atoms with van der Waals surface area (Å²) in [5.74, 6) is 0.894. The normalized spacial score (nSPS) is 27.5. The molecule has 1 unspecified atom stereocenters. The third-order valence-electron chi connectivity index (χ3n) is 5.00. The van der Waals surface area contributed by atoms with Gasteiger partial charge in [0.15, 0.2) is 0 Å². The number of nitrogens with one attached hydrogen (secondary N) is 1. The SMILES string of the molecule is CCN1CCC(NC(C)C2CCN(C)CC2)CC1. The van der Waals surface area contributed by atoms with Crippen molar-refractivity contribution in [2.45, 2.75) is 51.6 Å². The van der Waals surface area contributed by atoms with Crippen LogP contribution in [0.2, 0.25) is 0 Å². The molecule has 2 fully saturated rings. The molecule has 2 saturated heterocycles. The lowest BCUT2D eigenvalue weighted by atomic mass is 9.89. The van der Waals surface area contributed by atoms with Gasteiger partial charge in [0, 0.05) is 12.1 Å². The van der Waals surface area contributed by atoms with Gasteiger partial charge in [-0.1, -0.05) is 6.92 Å². The molecule has 0 aromatic heterocycles. The summed E-state index contributed by atoms with van der Waals surface area (Å²) in [7, 11) is 2.24. The third-order valence-corrected chi connectivity index (χ3v) is 5.00. The molecule has 2 heterocycles. The number of piperidine rings is 2. The summed E-state index contributed by atoms with van der Waals surface area (Å²) < 4.78 is 0. The summed E-state index contributed by atoms with van der Waals surface area (Å²) in [5, 5.41) is 3.90. The molecule has 2 rings (SSSR count). The van der Waals surface area contributed by atoms with E-state index < -0.39 is 0 Å². The molecule has 0 aliphatic carbocycles. The van der Waals surface area contributed by atoms with E-state index in [0.717, 1.165) is 12.0 Å². The first-order valence-electron chi connectivity index (χ1n) is 7.86. The third kappa shape index (κ3) is 3.94. The Morgan fingerprint density at radius 2 is 1.67 bits per heavy atom. The number of likely N-dealkylation sites (tertiary alicyclic amines) is 2. The van der Waals surface area contributed by atoms with Crippen LogP contribution < -0.4 is 5.32 Å². The monoisotopic (exact) mass is 253 g/mol. The van der Waals surface area contributed by atoms with E-state index in [1.165, 1.54) is 58.4 Å². The maximum Gasteiger partial charge on any atom is 0.00940 e. The zero-order valence-electron chi connectivity index (χ0n) is 12.5. The van der Waals surface area contributed by atoms with E-state index in [2.05, 4.69) is 36.0 Å². The highest BCUT2D eigenvalue weighted by Crippen LogP contribution is 2.21. The van der Waals surface area contributed by atoms with Crippen LogP contribution in [-0.2, 0) is 0 Å². The minimum absolute atomic E-state index is 0.705. The van der Waals surface area contributed by atoms with Crippen LogP contribution in [0.4, 0.5) is 0 Å². The molecule has 3 heteroatoms. The summed E-state index contributed by atoms with van der Waals surface area (Å²) in [6.07, 6.45) is 5.42. The van der Waals surface area contributed by atoms with E-state index >= 15 is 0 Å². The van der Waals surface area contributed by atoms with Crippen LogP contribution in [0.3, 0.4) is 0 Å². The molecule has 0 radical (unpaired) electrons. The summed E-state index contributed by atoms with van der Waals surface area (Å²) >= 11 is 0. The van der Waals surface area contributed by atoms with Gasteiger partial charge in [0.05, 0.1) is 0 Å². The average Bonchev–Trinajstić information content (AvgIpc) is 2.40. The smallest absolute Gasteiger partial charge is 0.00940 e. The zero-order chi connectivity index (χ0) is 13.0. The van der Waals surface area contributed by atoms with Gasteiger partial charge in [0.25, 0.3) is 0 Å². The molecule has 2 aliphatic rings. The van der Waals surface area contributed by atoms with Crippen molar-refractivity contribution in [1.82, 2.24) is 15.1 Å². The molecule has 0 aromatic carbocycles. The Hall–Kier alpha value is -0.120. The molecule has 0 spiro atoms. The minimum atomic E-state index is 0.705. The van der Waals surface area contributed by atoms with Crippen LogP contribution in [0.1, 0.15) is 39.5 Å². The van der Waals surface area contributed by atoms with Crippen LogP contribution in [-0.4, -0.2) is 61.7 Å². The van der Waals surface area contributed by atoms with Gasteiger partial charge < -0.3 is 15.1 Å². The van der Waals surface area contributed by atoms with Gasteiger partial charge in [-0.3, -0.25) is 0 Å². The van der Waals surface area contributed by atoms with E-state index in [1.54, 1.807) is 0 Å². The number of nitrogens with zero attached hydrogens (tertiary/aromatic N) is 2. The summed E-state index contributed by atoms with van der Waals surface area (Å²) in [5.41, 5.74) is 0. The Kier molecular flexibility index (Phi) is 5.46. The molecule has 0 saturated carbocycles. The van der Waals surface area contributed by atoms with Gasteiger partial charge >= 0.3 is 0 Å². The lowest BCUT2D eigenvalue weighted by Gasteiger charge is -2.37. The lowest BCUT2D eigenvalue weighted by molar-refractivity contribution is 0.159. The fourth-order valence-electron chi connectivity index (χ4n) is 3.45. The average molecular weight is 253 g/mol. The molecule has 106 valence electrons. The summed E-state index contributed by atoms with van der Waals surface area (Å²) in [6.45, 7) is 11.0. The second-order valence-electron chi connectivity index (χ2n) is 6.30. The second-order valence-corrected chi connectivity index (χ2v) is 6.30. The molecule has 1 atom stereocenters. The second kappa shape index (κ2) is 6.88. The lowest BCUT2D eigenvalue weighted by Crippen LogP contribution is -2.49. The highest BCUT2D eigenvalue weighted by atomic mass is 15.1. The Balaban J connectivity index is 1.69. The van der Waals surface area contributed by atoms with E-state index in [0.29, 0.717) is 6.04 Å². The van der Waals surface area contributed by atoms with Crippen LogP contribution in [0.25, 0.3) is 0 Å². The number of hydrogen-bond donors (Lipinski definition) is 1. The van der Waals surface area contributed by atoms with Gasteiger partial charge in [-0.25, -0.2) is 0 Å². The summed E-state index contributed by atoms with van der Waals surface area (Å²) in [6, 6.07) is 1.47. The Bertz CT molecular complexity index is 228. The van der Waals surface area contributed by atoms with Gasteiger partial charge in [0.1, 0.15) is 0 Å². The first-order chi connectivity index (χ1) is 8.69. The van der Waals surface area contributed by atoms with Crippen molar-refractivity contribution in [3.63, 3.8) is 0 Å².